The van der Waals surface area contributed by atoms with Gasteiger partial charge in [-0.1, -0.05) is 13.8 Å². The maximum Gasteiger partial charge on any atom is 0.217 e. The van der Waals surface area contributed by atoms with E-state index in [1.54, 1.807) is 0 Å². The van der Waals surface area contributed by atoms with Crippen molar-refractivity contribution in [3.8, 4) is 0 Å². The van der Waals surface area contributed by atoms with E-state index in [-0.39, 0.29) is 36.1 Å². The zero-order chi connectivity index (χ0) is 13.6. The van der Waals surface area contributed by atoms with E-state index in [0.29, 0.717) is 6.42 Å². The van der Waals surface area contributed by atoms with E-state index >= 15 is 0 Å². The standard InChI is InChI=1S/C13H26N2O2/c1-6-10(4)13(17)11(7-8-12(14)16)15(5)9(2)3/h9-11H,6-8H2,1-5H3,(H2,14,16)/t10?,11-/m0/s1. The summed E-state index contributed by atoms with van der Waals surface area (Å²) in [6.07, 6.45) is 1.62. The van der Waals surface area contributed by atoms with Crippen LogP contribution < -0.4 is 5.73 Å². The highest BCUT2D eigenvalue weighted by Gasteiger charge is 2.27. The molecule has 0 radical (unpaired) electrons. The molecule has 0 rings (SSSR count). The summed E-state index contributed by atoms with van der Waals surface area (Å²) in [5.41, 5.74) is 5.16. The number of rotatable bonds is 8. The molecule has 17 heavy (non-hydrogen) atoms. The Morgan fingerprint density at radius 2 is 1.76 bits per heavy atom. The molecule has 0 aromatic carbocycles. The van der Waals surface area contributed by atoms with Crippen LogP contribution >= 0.6 is 0 Å². The fourth-order valence-corrected chi connectivity index (χ4v) is 1.72. The number of primary amides is 1. The first-order chi connectivity index (χ1) is 7.81. The Bertz CT molecular complexity index is 264. The van der Waals surface area contributed by atoms with Crippen LogP contribution in [0.4, 0.5) is 0 Å². The molecule has 0 fully saturated rings. The number of ketones is 1. The molecule has 0 aliphatic rings. The van der Waals surface area contributed by atoms with Crippen LogP contribution in [-0.2, 0) is 9.59 Å². The van der Waals surface area contributed by atoms with E-state index in [1.807, 2.05) is 39.6 Å². The molecule has 4 nitrogen and oxygen atoms in total. The first-order valence-corrected chi connectivity index (χ1v) is 6.35. The number of carbonyl (C=O) groups excluding carboxylic acids is 2. The smallest absolute Gasteiger partial charge is 0.217 e. The van der Waals surface area contributed by atoms with Gasteiger partial charge in [-0.15, -0.1) is 0 Å². The number of hydrogen-bond acceptors (Lipinski definition) is 3. The minimum Gasteiger partial charge on any atom is -0.370 e. The number of carbonyl (C=O) groups is 2. The number of likely N-dealkylation sites (N-methyl/N-ethyl adjacent to an activating group) is 1. The van der Waals surface area contributed by atoms with Gasteiger partial charge in [-0.3, -0.25) is 14.5 Å². The number of Topliss-reactive ketones (excluding diaryl/α,β-unsaturated/α-hetero) is 1. The summed E-state index contributed by atoms with van der Waals surface area (Å²) in [6, 6.07) is 0.0818. The van der Waals surface area contributed by atoms with Crippen molar-refractivity contribution in [3.05, 3.63) is 0 Å². The zero-order valence-corrected chi connectivity index (χ0v) is 11.7. The summed E-state index contributed by atoms with van der Waals surface area (Å²) in [7, 11) is 1.93. The molecule has 0 heterocycles. The molecule has 0 aliphatic carbocycles. The van der Waals surface area contributed by atoms with Gasteiger partial charge in [-0.05, 0) is 33.7 Å². The summed E-state index contributed by atoms with van der Waals surface area (Å²) in [4.78, 5) is 25.1. The third kappa shape index (κ3) is 5.31. The van der Waals surface area contributed by atoms with Crippen LogP contribution in [-0.4, -0.2) is 35.7 Å². The van der Waals surface area contributed by atoms with Gasteiger partial charge in [-0.25, -0.2) is 0 Å². The fourth-order valence-electron chi connectivity index (χ4n) is 1.72. The quantitative estimate of drug-likeness (QED) is 0.703. The van der Waals surface area contributed by atoms with Gasteiger partial charge >= 0.3 is 0 Å². The lowest BCUT2D eigenvalue weighted by molar-refractivity contribution is -0.128. The molecule has 1 unspecified atom stereocenters. The average molecular weight is 242 g/mol. The Labute approximate surface area is 105 Å². The summed E-state index contributed by atoms with van der Waals surface area (Å²) >= 11 is 0. The molecule has 0 spiro atoms. The monoisotopic (exact) mass is 242 g/mol. The van der Waals surface area contributed by atoms with Crippen molar-refractivity contribution in [1.29, 1.82) is 0 Å². The second-order valence-electron chi connectivity index (χ2n) is 4.99. The molecule has 0 aromatic rings. The Balaban J connectivity index is 4.71. The Morgan fingerprint density at radius 1 is 1.24 bits per heavy atom. The molecule has 0 saturated heterocycles. The van der Waals surface area contributed by atoms with Crippen molar-refractivity contribution in [1.82, 2.24) is 4.90 Å². The average Bonchev–Trinajstić information content (AvgIpc) is 2.26. The number of nitrogens with zero attached hydrogens (tertiary/aromatic N) is 1. The number of nitrogens with two attached hydrogens (primary N) is 1. The van der Waals surface area contributed by atoms with E-state index in [0.717, 1.165) is 6.42 Å². The van der Waals surface area contributed by atoms with Gasteiger partial charge in [0.25, 0.3) is 0 Å². The van der Waals surface area contributed by atoms with Gasteiger partial charge in [0.15, 0.2) is 5.78 Å². The highest BCUT2D eigenvalue weighted by Crippen LogP contribution is 2.16. The first kappa shape index (κ1) is 16.1. The summed E-state index contributed by atoms with van der Waals surface area (Å²) in [5.74, 6) is -0.0943. The normalized spacial score (nSPS) is 15.0. The molecule has 0 aliphatic heterocycles. The summed E-state index contributed by atoms with van der Waals surface area (Å²) < 4.78 is 0. The van der Waals surface area contributed by atoms with Gasteiger partial charge in [0.2, 0.25) is 5.91 Å². The molecule has 2 N–H and O–H groups in total. The van der Waals surface area contributed by atoms with Crippen molar-refractivity contribution in [2.45, 2.75) is 59.0 Å². The highest BCUT2D eigenvalue weighted by atomic mass is 16.1. The van der Waals surface area contributed by atoms with Gasteiger partial charge in [0, 0.05) is 18.4 Å². The molecular formula is C13H26N2O2. The van der Waals surface area contributed by atoms with Crippen molar-refractivity contribution in [3.63, 3.8) is 0 Å². The van der Waals surface area contributed by atoms with E-state index in [9.17, 15) is 9.59 Å². The van der Waals surface area contributed by atoms with Crippen molar-refractivity contribution < 1.29 is 9.59 Å². The van der Waals surface area contributed by atoms with Crippen molar-refractivity contribution in [2.24, 2.45) is 11.7 Å². The molecule has 0 aromatic heterocycles. The predicted octanol–water partition coefficient (Wildman–Crippen LogP) is 1.58. The van der Waals surface area contributed by atoms with Gasteiger partial charge in [0.1, 0.15) is 0 Å². The number of hydrogen-bond donors (Lipinski definition) is 1. The molecule has 100 valence electrons. The highest BCUT2D eigenvalue weighted by molar-refractivity contribution is 5.86. The minimum absolute atomic E-state index is 0.0362. The van der Waals surface area contributed by atoms with Crippen LogP contribution in [0.3, 0.4) is 0 Å². The van der Waals surface area contributed by atoms with Crippen molar-refractivity contribution in [2.75, 3.05) is 7.05 Å². The van der Waals surface area contributed by atoms with Gasteiger partial charge in [0.05, 0.1) is 6.04 Å². The molecule has 4 heteroatoms. The lowest BCUT2D eigenvalue weighted by Gasteiger charge is -2.31. The van der Waals surface area contributed by atoms with Crippen LogP contribution in [0.2, 0.25) is 0 Å². The fraction of sp³-hybridized carbons (Fsp3) is 0.846. The van der Waals surface area contributed by atoms with E-state index < -0.39 is 0 Å². The summed E-state index contributed by atoms with van der Waals surface area (Å²) in [5, 5.41) is 0. The lowest BCUT2D eigenvalue weighted by atomic mass is 9.93. The SMILES string of the molecule is CCC(C)C(=O)[C@H](CCC(N)=O)N(C)C(C)C. The van der Waals surface area contributed by atoms with Crippen LogP contribution in [0, 0.1) is 5.92 Å². The molecule has 1 amide bonds. The van der Waals surface area contributed by atoms with Crippen LogP contribution in [0.5, 0.6) is 0 Å². The van der Waals surface area contributed by atoms with Gasteiger partial charge in [-0.2, -0.15) is 0 Å². The Kier molecular flexibility index (Phi) is 7.04. The van der Waals surface area contributed by atoms with E-state index in [4.69, 9.17) is 5.73 Å². The van der Waals surface area contributed by atoms with Crippen LogP contribution in [0.15, 0.2) is 0 Å². The Hall–Kier alpha value is -0.900. The number of amides is 1. The second kappa shape index (κ2) is 7.43. The van der Waals surface area contributed by atoms with Gasteiger partial charge < -0.3 is 5.73 Å². The van der Waals surface area contributed by atoms with Crippen LogP contribution in [0.1, 0.15) is 47.0 Å². The molecular weight excluding hydrogens is 216 g/mol. The third-order valence-electron chi connectivity index (χ3n) is 3.40. The maximum atomic E-state index is 12.2. The largest absolute Gasteiger partial charge is 0.370 e. The summed E-state index contributed by atoms with van der Waals surface area (Å²) in [6.45, 7) is 8.03. The second-order valence-corrected chi connectivity index (χ2v) is 4.99. The van der Waals surface area contributed by atoms with E-state index in [1.165, 1.54) is 0 Å². The topological polar surface area (TPSA) is 63.4 Å². The maximum absolute atomic E-state index is 12.2. The lowest BCUT2D eigenvalue weighted by Crippen LogP contribution is -2.45. The molecule has 2 atom stereocenters. The minimum atomic E-state index is -0.343. The Morgan fingerprint density at radius 3 is 2.12 bits per heavy atom. The zero-order valence-electron chi connectivity index (χ0n) is 11.7. The first-order valence-electron chi connectivity index (χ1n) is 6.35. The molecule has 0 bridgehead atoms. The van der Waals surface area contributed by atoms with E-state index in [2.05, 4.69) is 0 Å². The predicted molar refractivity (Wildman–Crippen MR) is 69.6 cm³/mol. The van der Waals surface area contributed by atoms with Crippen molar-refractivity contribution >= 4 is 11.7 Å². The molecule has 0 saturated carbocycles. The van der Waals surface area contributed by atoms with Crippen LogP contribution in [0.25, 0.3) is 0 Å². The third-order valence-corrected chi connectivity index (χ3v) is 3.40.